The highest BCUT2D eigenvalue weighted by Crippen LogP contribution is 2.47. The summed E-state index contributed by atoms with van der Waals surface area (Å²) >= 11 is 0. The Hall–Kier alpha value is -1.06. The van der Waals surface area contributed by atoms with Crippen LogP contribution in [0.3, 0.4) is 0 Å². The van der Waals surface area contributed by atoms with Crippen molar-refractivity contribution < 1.29 is 19.1 Å². The summed E-state index contributed by atoms with van der Waals surface area (Å²) in [5.41, 5.74) is -0.957. The lowest BCUT2D eigenvalue weighted by Crippen LogP contribution is -2.45. The average Bonchev–Trinajstić information content (AvgIpc) is 2.56. The predicted octanol–water partition coefficient (Wildman–Crippen LogP) is 6.17. The van der Waals surface area contributed by atoms with Gasteiger partial charge in [0, 0.05) is 0 Å². The summed E-state index contributed by atoms with van der Waals surface area (Å²) in [6, 6.07) is 0. The summed E-state index contributed by atoms with van der Waals surface area (Å²) in [6.45, 7) is 16.2. The molecule has 0 amide bonds. The van der Waals surface area contributed by atoms with E-state index in [-0.39, 0.29) is 29.5 Å². The van der Waals surface area contributed by atoms with E-state index in [1.807, 2.05) is 13.8 Å². The molecule has 4 unspecified atom stereocenters. The first-order chi connectivity index (χ1) is 13.2. The van der Waals surface area contributed by atoms with Crippen LogP contribution in [0.5, 0.6) is 0 Å². The minimum Gasteiger partial charge on any atom is -0.460 e. The van der Waals surface area contributed by atoms with E-state index in [9.17, 15) is 9.59 Å². The number of hydrogen-bond donors (Lipinski definition) is 0. The van der Waals surface area contributed by atoms with E-state index in [1.165, 1.54) is 38.5 Å². The molecule has 2 aliphatic carbocycles. The van der Waals surface area contributed by atoms with Gasteiger partial charge in [-0.05, 0) is 68.1 Å². The quantitative estimate of drug-likeness (QED) is 0.493. The Labute approximate surface area is 178 Å². The largest absolute Gasteiger partial charge is 0.460 e. The standard InChI is InChI=1S/C25H44O4/c1-17(20-13-18-10-9-11-19(12-18)14-20)29-21(26)15-28-22(27)25(8,24(5,6)7)16-23(2,3)4/h17-20H,9-16H2,1-8H3. The van der Waals surface area contributed by atoms with Crippen molar-refractivity contribution in [1.82, 2.24) is 0 Å². The molecule has 0 spiro atoms. The first kappa shape index (κ1) is 24.2. The van der Waals surface area contributed by atoms with Crippen LogP contribution >= 0.6 is 0 Å². The van der Waals surface area contributed by atoms with Crippen LogP contribution in [0.4, 0.5) is 0 Å². The molecule has 0 aromatic rings. The summed E-state index contributed by atoms with van der Waals surface area (Å²) in [7, 11) is 0. The number of esters is 2. The summed E-state index contributed by atoms with van der Waals surface area (Å²) in [5, 5.41) is 0. The number of carbonyl (C=O) groups is 2. The van der Waals surface area contributed by atoms with Crippen molar-refractivity contribution in [3.8, 4) is 0 Å². The van der Waals surface area contributed by atoms with Gasteiger partial charge in [-0.2, -0.15) is 0 Å². The SMILES string of the molecule is CC(OC(=O)COC(=O)C(C)(CC(C)(C)C)C(C)(C)C)C1CC2CCCC(C2)C1. The summed E-state index contributed by atoms with van der Waals surface area (Å²) in [4.78, 5) is 25.4. The van der Waals surface area contributed by atoms with E-state index in [0.717, 1.165) is 11.8 Å². The number of carbonyl (C=O) groups excluding carboxylic acids is 2. The van der Waals surface area contributed by atoms with Crippen molar-refractivity contribution in [1.29, 1.82) is 0 Å². The highest BCUT2D eigenvalue weighted by Gasteiger charge is 2.48. The molecule has 0 saturated heterocycles. The van der Waals surface area contributed by atoms with Crippen LogP contribution in [0.25, 0.3) is 0 Å². The lowest BCUT2D eigenvalue weighted by molar-refractivity contribution is -0.175. The molecule has 0 aromatic carbocycles. The molecule has 4 heteroatoms. The third kappa shape index (κ3) is 6.46. The van der Waals surface area contributed by atoms with Gasteiger partial charge in [0.25, 0.3) is 0 Å². The average molecular weight is 409 g/mol. The van der Waals surface area contributed by atoms with Gasteiger partial charge in [-0.1, -0.05) is 60.8 Å². The zero-order valence-electron chi connectivity index (χ0n) is 20.1. The lowest BCUT2D eigenvalue weighted by atomic mass is 9.61. The van der Waals surface area contributed by atoms with Gasteiger partial charge in [-0.3, -0.25) is 4.79 Å². The highest BCUT2D eigenvalue weighted by atomic mass is 16.6. The second-order valence-corrected chi connectivity index (χ2v) is 12.2. The molecule has 4 nitrogen and oxygen atoms in total. The highest BCUT2D eigenvalue weighted by molar-refractivity contribution is 5.81. The van der Waals surface area contributed by atoms with Gasteiger partial charge in [0.2, 0.25) is 0 Å². The van der Waals surface area contributed by atoms with Gasteiger partial charge in [0.15, 0.2) is 6.61 Å². The van der Waals surface area contributed by atoms with Crippen LogP contribution in [-0.2, 0) is 19.1 Å². The van der Waals surface area contributed by atoms with E-state index in [0.29, 0.717) is 12.3 Å². The number of rotatable bonds is 6. The van der Waals surface area contributed by atoms with Crippen LogP contribution in [0, 0.1) is 34.0 Å². The Morgan fingerprint density at radius 2 is 1.48 bits per heavy atom. The summed E-state index contributed by atoms with van der Waals surface area (Å²) in [6.07, 6.45) is 8.28. The summed E-state index contributed by atoms with van der Waals surface area (Å²) < 4.78 is 11.2. The first-order valence-corrected chi connectivity index (χ1v) is 11.6. The van der Waals surface area contributed by atoms with Gasteiger partial charge in [-0.15, -0.1) is 0 Å². The van der Waals surface area contributed by atoms with Gasteiger partial charge in [0.05, 0.1) is 5.41 Å². The van der Waals surface area contributed by atoms with Gasteiger partial charge < -0.3 is 9.47 Å². The topological polar surface area (TPSA) is 52.6 Å². The maximum Gasteiger partial charge on any atom is 0.344 e. The molecule has 2 aliphatic rings. The number of fused-ring (bicyclic) bond motifs is 2. The lowest BCUT2D eigenvalue weighted by Gasteiger charge is -2.43. The van der Waals surface area contributed by atoms with Crippen LogP contribution in [0.15, 0.2) is 0 Å². The zero-order chi connectivity index (χ0) is 22.0. The van der Waals surface area contributed by atoms with Crippen molar-refractivity contribution in [2.45, 2.75) is 106 Å². The molecule has 2 saturated carbocycles. The molecule has 29 heavy (non-hydrogen) atoms. The van der Waals surface area contributed by atoms with Crippen molar-refractivity contribution in [2.24, 2.45) is 34.0 Å². The molecule has 2 bridgehead atoms. The molecular weight excluding hydrogens is 364 g/mol. The smallest absolute Gasteiger partial charge is 0.344 e. The molecule has 0 aromatic heterocycles. The molecule has 4 atom stereocenters. The Kier molecular flexibility index (Phi) is 7.49. The third-order valence-electron chi connectivity index (χ3n) is 7.46. The Balaban J connectivity index is 1.89. The van der Waals surface area contributed by atoms with Crippen LogP contribution in [0.1, 0.15) is 100 Å². The maximum atomic E-state index is 13.0. The molecule has 0 aliphatic heterocycles. The molecule has 0 heterocycles. The monoisotopic (exact) mass is 408 g/mol. The maximum absolute atomic E-state index is 13.0. The van der Waals surface area contributed by atoms with Crippen LogP contribution in [-0.4, -0.2) is 24.6 Å². The molecular formula is C25H44O4. The summed E-state index contributed by atoms with van der Waals surface area (Å²) in [5.74, 6) is 1.32. The predicted molar refractivity (Wildman–Crippen MR) is 116 cm³/mol. The zero-order valence-corrected chi connectivity index (χ0v) is 20.1. The molecule has 0 radical (unpaired) electrons. The normalized spacial score (nSPS) is 28.2. The van der Waals surface area contributed by atoms with Crippen molar-refractivity contribution >= 4 is 11.9 Å². The minimum atomic E-state index is -0.669. The minimum absolute atomic E-state index is 0.0187. The van der Waals surface area contributed by atoms with Gasteiger partial charge in [0.1, 0.15) is 6.10 Å². The molecule has 2 fully saturated rings. The van der Waals surface area contributed by atoms with Crippen molar-refractivity contribution in [3.63, 3.8) is 0 Å². The van der Waals surface area contributed by atoms with Crippen molar-refractivity contribution in [2.75, 3.05) is 6.61 Å². The van der Waals surface area contributed by atoms with E-state index < -0.39 is 11.4 Å². The van der Waals surface area contributed by atoms with E-state index in [1.54, 1.807) is 0 Å². The fourth-order valence-electron chi connectivity index (χ4n) is 5.49. The number of ether oxygens (including phenoxy) is 2. The van der Waals surface area contributed by atoms with Gasteiger partial charge >= 0.3 is 11.9 Å². The van der Waals surface area contributed by atoms with E-state index in [2.05, 4.69) is 41.5 Å². The van der Waals surface area contributed by atoms with Crippen molar-refractivity contribution in [3.05, 3.63) is 0 Å². The second-order valence-electron chi connectivity index (χ2n) is 12.2. The van der Waals surface area contributed by atoms with Crippen LogP contribution < -0.4 is 0 Å². The number of hydrogen-bond acceptors (Lipinski definition) is 4. The first-order valence-electron chi connectivity index (χ1n) is 11.6. The Bertz CT molecular complexity index is 571. The Morgan fingerprint density at radius 1 is 0.931 bits per heavy atom. The Morgan fingerprint density at radius 3 is 1.97 bits per heavy atom. The third-order valence-corrected chi connectivity index (χ3v) is 7.46. The van der Waals surface area contributed by atoms with E-state index in [4.69, 9.17) is 9.47 Å². The van der Waals surface area contributed by atoms with Gasteiger partial charge in [-0.25, -0.2) is 4.79 Å². The van der Waals surface area contributed by atoms with E-state index >= 15 is 0 Å². The molecule has 168 valence electrons. The molecule has 2 rings (SSSR count). The molecule has 0 N–H and O–H groups in total. The van der Waals surface area contributed by atoms with Crippen LogP contribution in [0.2, 0.25) is 0 Å². The second kappa shape index (κ2) is 8.98. The fourth-order valence-corrected chi connectivity index (χ4v) is 5.49. The fraction of sp³-hybridized carbons (Fsp3) is 0.920.